The maximum absolute atomic E-state index is 10.8. The summed E-state index contributed by atoms with van der Waals surface area (Å²) in [5, 5.41) is 8.45. The molecule has 0 saturated carbocycles. The Bertz CT molecular complexity index is 202. The van der Waals surface area contributed by atoms with Crippen molar-refractivity contribution in [1.29, 1.82) is 0 Å². The second kappa shape index (κ2) is 3.51. The molecule has 1 atom stereocenters. The standard InChI is InChI=1S/C6H10N2O4/c7-6(11)8(5(10)2-9)1-4-3-12-4/h4,9H,1-3H2,(H2,7,11). The van der Waals surface area contributed by atoms with Gasteiger partial charge < -0.3 is 15.6 Å². The fourth-order valence-electron chi connectivity index (χ4n) is 0.777. The number of nitrogens with two attached hydrogens (primary N) is 1. The Morgan fingerprint density at radius 1 is 1.67 bits per heavy atom. The van der Waals surface area contributed by atoms with E-state index >= 15 is 0 Å². The summed E-state index contributed by atoms with van der Waals surface area (Å²) in [7, 11) is 0. The zero-order valence-corrected chi connectivity index (χ0v) is 6.40. The molecule has 3 N–H and O–H groups in total. The first-order valence-electron chi connectivity index (χ1n) is 3.47. The lowest BCUT2D eigenvalue weighted by Crippen LogP contribution is -2.44. The van der Waals surface area contributed by atoms with Gasteiger partial charge in [0, 0.05) is 0 Å². The molecule has 6 heteroatoms. The van der Waals surface area contributed by atoms with Gasteiger partial charge in [-0.25, -0.2) is 4.79 Å². The minimum absolute atomic E-state index is 0.104. The number of nitrogens with zero attached hydrogens (tertiary/aromatic N) is 1. The van der Waals surface area contributed by atoms with E-state index in [-0.39, 0.29) is 12.6 Å². The number of primary amides is 1. The molecule has 0 aromatic heterocycles. The van der Waals surface area contributed by atoms with Crippen molar-refractivity contribution in [3.8, 4) is 0 Å². The first-order chi connectivity index (χ1) is 5.65. The van der Waals surface area contributed by atoms with Crippen LogP contribution in [0, 0.1) is 0 Å². The SMILES string of the molecule is NC(=O)N(CC1CO1)C(=O)CO. The number of epoxide rings is 1. The molecule has 12 heavy (non-hydrogen) atoms. The van der Waals surface area contributed by atoms with E-state index in [0.29, 0.717) is 6.61 Å². The highest BCUT2D eigenvalue weighted by Crippen LogP contribution is 2.10. The Morgan fingerprint density at radius 2 is 2.25 bits per heavy atom. The van der Waals surface area contributed by atoms with E-state index in [1.165, 1.54) is 0 Å². The summed E-state index contributed by atoms with van der Waals surface area (Å²) in [6, 6.07) is -0.857. The van der Waals surface area contributed by atoms with Gasteiger partial charge in [0.15, 0.2) is 0 Å². The molecular weight excluding hydrogens is 164 g/mol. The molecular formula is C6H10N2O4. The Hall–Kier alpha value is -1.14. The lowest BCUT2D eigenvalue weighted by Gasteiger charge is -2.15. The van der Waals surface area contributed by atoms with Gasteiger partial charge in [0.05, 0.1) is 19.3 Å². The van der Waals surface area contributed by atoms with Gasteiger partial charge in [-0.05, 0) is 0 Å². The number of carbonyl (C=O) groups is 2. The Kier molecular flexibility index (Phi) is 2.61. The predicted octanol–water partition coefficient (Wildman–Crippen LogP) is -1.72. The lowest BCUT2D eigenvalue weighted by atomic mass is 10.4. The Labute approximate surface area is 68.9 Å². The molecule has 0 aromatic rings. The summed E-state index contributed by atoms with van der Waals surface area (Å²) >= 11 is 0. The minimum atomic E-state index is -0.857. The summed E-state index contributed by atoms with van der Waals surface area (Å²) in [6.07, 6.45) is -0.104. The summed E-state index contributed by atoms with van der Waals surface area (Å²) in [5.74, 6) is -0.696. The fourth-order valence-corrected chi connectivity index (χ4v) is 0.777. The van der Waals surface area contributed by atoms with E-state index in [1.807, 2.05) is 0 Å². The van der Waals surface area contributed by atoms with Crippen molar-refractivity contribution >= 4 is 11.9 Å². The molecule has 1 aliphatic rings. The van der Waals surface area contributed by atoms with Gasteiger partial charge in [0.1, 0.15) is 6.61 Å². The van der Waals surface area contributed by atoms with Crippen molar-refractivity contribution in [3.63, 3.8) is 0 Å². The summed E-state index contributed by atoms with van der Waals surface area (Å²) < 4.78 is 4.80. The summed E-state index contributed by atoms with van der Waals surface area (Å²) in [6.45, 7) is -0.0487. The van der Waals surface area contributed by atoms with Gasteiger partial charge in [-0.15, -0.1) is 0 Å². The quantitative estimate of drug-likeness (QED) is 0.497. The zero-order valence-electron chi connectivity index (χ0n) is 6.40. The van der Waals surface area contributed by atoms with Crippen LogP contribution in [0.4, 0.5) is 4.79 Å². The van der Waals surface area contributed by atoms with Crippen molar-refractivity contribution < 1.29 is 19.4 Å². The van der Waals surface area contributed by atoms with E-state index in [0.717, 1.165) is 4.90 Å². The van der Waals surface area contributed by atoms with E-state index in [2.05, 4.69) is 0 Å². The number of hydrogen-bond acceptors (Lipinski definition) is 4. The van der Waals surface area contributed by atoms with Crippen molar-refractivity contribution in [1.82, 2.24) is 4.90 Å². The summed E-state index contributed by atoms with van der Waals surface area (Å²) in [5.41, 5.74) is 4.89. The number of hydrogen-bond donors (Lipinski definition) is 2. The zero-order chi connectivity index (χ0) is 9.14. The second-order valence-electron chi connectivity index (χ2n) is 2.46. The van der Waals surface area contributed by atoms with Crippen LogP contribution in [0.15, 0.2) is 0 Å². The van der Waals surface area contributed by atoms with Crippen LogP contribution in [-0.2, 0) is 9.53 Å². The van der Waals surface area contributed by atoms with E-state index in [9.17, 15) is 9.59 Å². The number of imide groups is 1. The number of ether oxygens (including phenoxy) is 1. The molecule has 68 valence electrons. The van der Waals surface area contributed by atoms with Crippen molar-refractivity contribution in [2.75, 3.05) is 19.8 Å². The van der Waals surface area contributed by atoms with Crippen LogP contribution >= 0.6 is 0 Å². The minimum Gasteiger partial charge on any atom is -0.387 e. The van der Waals surface area contributed by atoms with Gasteiger partial charge in [-0.2, -0.15) is 0 Å². The van der Waals surface area contributed by atoms with Crippen LogP contribution in [-0.4, -0.2) is 47.8 Å². The van der Waals surface area contributed by atoms with Gasteiger partial charge >= 0.3 is 6.03 Å². The molecule has 0 bridgehead atoms. The fraction of sp³-hybridized carbons (Fsp3) is 0.667. The molecule has 3 amide bonds. The molecule has 0 radical (unpaired) electrons. The van der Waals surface area contributed by atoms with E-state index in [4.69, 9.17) is 15.6 Å². The van der Waals surface area contributed by atoms with Crippen molar-refractivity contribution in [2.24, 2.45) is 5.73 Å². The highest BCUT2D eigenvalue weighted by atomic mass is 16.6. The highest BCUT2D eigenvalue weighted by Gasteiger charge is 2.29. The third-order valence-electron chi connectivity index (χ3n) is 1.49. The molecule has 0 spiro atoms. The van der Waals surface area contributed by atoms with E-state index in [1.54, 1.807) is 0 Å². The number of carbonyl (C=O) groups excluding carboxylic acids is 2. The Morgan fingerprint density at radius 3 is 2.58 bits per heavy atom. The lowest BCUT2D eigenvalue weighted by molar-refractivity contribution is -0.131. The normalized spacial score (nSPS) is 20.2. The number of amides is 3. The van der Waals surface area contributed by atoms with Gasteiger partial charge in [-0.3, -0.25) is 9.69 Å². The second-order valence-corrected chi connectivity index (χ2v) is 2.46. The smallest absolute Gasteiger partial charge is 0.321 e. The third-order valence-corrected chi connectivity index (χ3v) is 1.49. The van der Waals surface area contributed by atoms with Crippen LogP contribution in [0.2, 0.25) is 0 Å². The van der Waals surface area contributed by atoms with Crippen molar-refractivity contribution in [2.45, 2.75) is 6.10 Å². The average molecular weight is 174 g/mol. The molecule has 1 saturated heterocycles. The number of aliphatic hydroxyl groups is 1. The molecule has 1 heterocycles. The van der Waals surface area contributed by atoms with Crippen molar-refractivity contribution in [3.05, 3.63) is 0 Å². The molecule has 1 aliphatic heterocycles. The first-order valence-corrected chi connectivity index (χ1v) is 3.47. The Balaban J connectivity index is 2.46. The molecule has 1 fully saturated rings. The first kappa shape index (κ1) is 8.95. The highest BCUT2D eigenvalue weighted by molar-refractivity contribution is 5.94. The van der Waals surface area contributed by atoms with Crippen LogP contribution < -0.4 is 5.73 Å². The van der Waals surface area contributed by atoms with Gasteiger partial charge in [-0.1, -0.05) is 0 Å². The largest absolute Gasteiger partial charge is 0.387 e. The predicted molar refractivity (Wildman–Crippen MR) is 38.1 cm³/mol. The molecule has 1 unspecified atom stereocenters. The van der Waals surface area contributed by atoms with Gasteiger partial charge in [0.2, 0.25) is 0 Å². The third kappa shape index (κ3) is 2.18. The number of urea groups is 1. The maximum Gasteiger partial charge on any atom is 0.321 e. The topological polar surface area (TPSA) is 96.2 Å². The van der Waals surface area contributed by atoms with E-state index < -0.39 is 18.5 Å². The molecule has 0 aliphatic carbocycles. The molecule has 1 rings (SSSR count). The monoisotopic (exact) mass is 174 g/mol. The average Bonchev–Trinajstić information content (AvgIpc) is 2.81. The maximum atomic E-state index is 10.8. The molecule has 0 aromatic carbocycles. The van der Waals surface area contributed by atoms with Gasteiger partial charge in [0.25, 0.3) is 5.91 Å². The molecule has 6 nitrogen and oxygen atoms in total. The van der Waals surface area contributed by atoms with Crippen LogP contribution in [0.1, 0.15) is 0 Å². The van der Waals surface area contributed by atoms with Crippen LogP contribution in [0.3, 0.4) is 0 Å². The van der Waals surface area contributed by atoms with Crippen LogP contribution in [0.5, 0.6) is 0 Å². The summed E-state index contributed by atoms with van der Waals surface area (Å²) in [4.78, 5) is 22.2. The number of aliphatic hydroxyl groups excluding tert-OH is 1. The number of rotatable bonds is 3. The van der Waals surface area contributed by atoms with Crippen LogP contribution in [0.25, 0.3) is 0 Å².